The molecule has 0 radical (unpaired) electrons. The summed E-state index contributed by atoms with van der Waals surface area (Å²) in [7, 11) is 0. The summed E-state index contributed by atoms with van der Waals surface area (Å²) in [5, 5.41) is 0. The summed E-state index contributed by atoms with van der Waals surface area (Å²) in [4.78, 5) is 24.3. The third-order valence-corrected chi connectivity index (χ3v) is 4.27. The Kier molecular flexibility index (Phi) is 9.39. The maximum Gasteiger partial charge on any atom is 0.338 e. The Morgan fingerprint density at radius 2 is 0.962 bits per heavy atom. The van der Waals surface area contributed by atoms with E-state index in [9.17, 15) is 9.59 Å². The van der Waals surface area contributed by atoms with Crippen molar-refractivity contribution < 1.29 is 19.1 Å². The first-order valence-corrected chi connectivity index (χ1v) is 9.71. The first-order valence-electron chi connectivity index (χ1n) is 9.71. The second kappa shape index (κ2) is 11.0. The van der Waals surface area contributed by atoms with E-state index in [0.717, 1.165) is 25.7 Å². The van der Waals surface area contributed by atoms with Crippen molar-refractivity contribution in [1.82, 2.24) is 0 Å². The standard InChI is InChI=1S/C22H34O4/c1-15(2)7-9-17(5)25-21(23)19-11-13-20(14-12-19)22(24)26-18(6)10-8-16(3)4/h11-18H,7-10H2,1-6H3. The van der Waals surface area contributed by atoms with E-state index in [1.54, 1.807) is 24.3 Å². The number of rotatable bonds is 10. The molecule has 0 amide bonds. The van der Waals surface area contributed by atoms with E-state index in [4.69, 9.17) is 9.47 Å². The molecular weight excluding hydrogens is 328 g/mol. The fourth-order valence-electron chi connectivity index (χ4n) is 2.50. The molecule has 146 valence electrons. The number of carbonyl (C=O) groups excluding carboxylic acids is 2. The minimum absolute atomic E-state index is 0.114. The third kappa shape index (κ3) is 8.50. The minimum atomic E-state index is -0.355. The van der Waals surface area contributed by atoms with Crippen LogP contribution in [0.2, 0.25) is 0 Å². The van der Waals surface area contributed by atoms with Gasteiger partial charge < -0.3 is 9.47 Å². The zero-order valence-electron chi connectivity index (χ0n) is 17.1. The van der Waals surface area contributed by atoms with Crippen molar-refractivity contribution in [3.8, 4) is 0 Å². The van der Waals surface area contributed by atoms with Crippen LogP contribution in [0.25, 0.3) is 0 Å². The highest BCUT2D eigenvalue weighted by Crippen LogP contribution is 2.14. The monoisotopic (exact) mass is 362 g/mol. The Morgan fingerprint density at radius 3 is 1.23 bits per heavy atom. The number of esters is 2. The van der Waals surface area contributed by atoms with Crippen molar-refractivity contribution in [1.29, 1.82) is 0 Å². The fourth-order valence-corrected chi connectivity index (χ4v) is 2.50. The number of hydrogen-bond acceptors (Lipinski definition) is 4. The molecule has 4 heteroatoms. The highest BCUT2D eigenvalue weighted by Gasteiger charge is 2.16. The Morgan fingerprint density at radius 1 is 0.654 bits per heavy atom. The van der Waals surface area contributed by atoms with Crippen LogP contribution in [-0.4, -0.2) is 24.1 Å². The molecule has 4 nitrogen and oxygen atoms in total. The molecule has 0 spiro atoms. The van der Waals surface area contributed by atoms with Crippen LogP contribution < -0.4 is 0 Å². The summed E-state index contributed by atoms with van der Waals surface area (Å²) in [6, 6.07) is 6.47. The maximum absolute atomic E-state index is 12.2. The largest absolute Gasteiger partial charge is 0.459 e. The fraction of sp³-hybridized carbons (Fsp3) is 0.636. The van der Waals surface area contributed by atoms with Crippen LogP contribution in [0.5, 0.6) is 0 Å². The molecule has 0 saturated carbocycles. The van der Waals surface area contributed by atoms with Crippen LogP contribution in [0.15, 0.2) is 24.3 Å². The Hall–Kier alpha value is -1.84. The number of hydrogen-bond donors (Lipinski definition) is 0. The molecule has 0 bridgehead atoms. The lowest BCUT2D eigenvalue weighted by molar-refractivity contribution is 0.0298. The van der Waals surface area contributed by atoms with Gasteiger partial charge in [-0.2, -0.15) is 0 Å². The van der Waals surface area contributed by atoms with Crippen LogP contribution in [0.3, 0.4) is 0 Å². The molecule has 0 saturated heterocycles. The smallest absolute Gasteiger partial charge is 0.338 e. The molecule has 1 aromatic rings. The molecule has 0 fully saturated rings. The lowest BCUT2D eigenvalue weighted by Gasteiger charge is -2.15. The van der Waals surface area contributed by atoms with Crippen LogP contribution in [0, 0.1) is 11.8 Å². The summed E-state index contributed by atoms with van der Waals surface area (Å²) in [5.74, 6) is 0.465. The summed E-state index contributed by atoms with van der Waals surface area (Å²) in [5.41, 5.74) is 0.900. The zero-order chi connectivity index (χ0) is 19.7. The predicted molar refractivity (Wildman–Crippen MR) is 104 cm³/mol. The van der Waals surface area contributed by atoms with Crippen molar-refractivity contribution in [2.24, 2.45) is 11.8 Å². The van der Waals surface area contributed by atoms with E-state index < -0.39 is 0 Å². The van der Waals surface area contributed by atoms with Crippen LogP contribution >= 0.6 is 0 Å². The first kappa shape index (κ1) is 22.2. The van der Waals surface area contributed by atoms with Gasteiger partial charge in [-0.3, -0.25) is 0 Å². The third-order valence-electron chi connectivity index (χ3n) is 4.27. The van der Waals surface area contributed by atoms with Gasteiger partial charge in [0.1, 0.15) is 0 Å². The molecule has 0 aliphatic carbocycles. The lowest BCUT2D eigenvalue weighted by Crippen LogP contribution is -2.17. The van der Waals surface area contributed by atoms with Crippen molar-refractivity contribution in [3.63, 3.8) is 0 Å². The Labute approximate surface area is 158 Å². The quantitative estimate of drug-likeness (QED) is 0.505. The molecular formula is C22H34O4. The van der Waals surface area contributed by atoms with Crippen LogP contribution in [0.1, 0.15) is 87.9 Å². The van der Waals surface area contributed by atoms with E-state index >= 15 is 0 Å². The van der Waals surface area contributed by atoms with Crippen molar-refractivity contribution in [3.05, 3.63) is 35.4 Å². The van der Waals surface area contributed by atoms with Gasteiger partial charge in [-0.25, -0.2) is 9.59 Å². The maximum atomic E-state index is 12.2. The van der Waals surface area contributed by atoms with Gasteiger partial charge in [0.2, 0.25) is 0 Å². The van der Waals surface area contributed by atoms with Gasteiger partial charge in [-0.1, -0.05) is 27.7 Å². The normalized spacial score (nSPS) is 13.5. The molecule has 0 aromatic heterocycles. The van der Waals surface area contributed by atoms with Gasteiger partial charge in [-0.15, -0.1) is 0 Å². The molecule has 0 heterocycles. The van der Waals surface area contributed by atoms with Crippen LogP contribution in [-0.2, 0) is 9.47 Å². The molecule has 0 aliphatic heterocycles. The second-order valence-electron chi connectivity index (χ2n) is 7.95. The van der Waals surface area contributed by atoms with E-state index in [1.165, 1.54) is 0 Å². The molecule has 26 heavy (non-hydrogen) atoms. The molecule has 0 N–H and O–H groups in total. The molecule has 1 aromatic carbocycles. The Bertz CT molecular complexity index is 509. The second-order valence-corrected chi connectivity index (χ2v) is 7.95. The Balaban J connectivity index is 2.53. The van der Waals surface area contributed by atoms with Crippen molar-refractivity contribution in [2.75, 3.05) is 0 Å². The highest BCUT2D eigenvalue weighted by atomic mass is 16.5. The van der Waals surface area contributed by atoms with Gasteiger partial charge in [0, 0.05) is 0 Å². The van der Waals surface area contributed by atoms with Gasteiger partial charge in [-0.05, 0) is 75.6 Å². The molecule has 2 atom stereocenters. The van der Waals surface area contributed by atoms with Gasteiger partial charge in [0.25, 0.3) is 0 Å². The van der Waals surface area contributed by atoms with Crippen molar-refractivity contribution >= 4 is 11.9 Å². The number of ether oxygens (including phenoxy) is 2. The zero-order valence-corrected chi connectivity index (χ0v) is 17.1. The van der Waals surface area contributed by atoms with E-state index in [1.807, 2.05) is 13.8 Å². The van der Waals surface area contributed by atoms with Gasteiger partial charge in [0.15, 0.2) is 0 Å². The van der Waals surface area contributed by atoms with E-state index in [0.29, 0.717) is 23.0 Å². The predicted octanol–water partition coefficient (Wildman–Crippen LogP) is 5.65. The highest BCUT2D eigenvalue weighted by molar-refractivity contribution is 5.93. The average Bonchev–Trinajstić information content (AvgIpc) is 2.58. The van der Waals surface area contributed by atoms with E-state index in [-0.39, 0.29) is 24.1 Å². The molecule has 0 aliphatic rings. The van der Waals surface area contributed by atoms with Crippen molar-refractivity contribution in [2.45, 2.75) is 79.4 Å². The first-order chi connectivity index (χ1) is 12.2. The summed E-state index contributed by atoms with van der Waals surface area (Å²) >= 11 is 0. The van der Waals surface area contributed by atoms with Gasteiger partial charge >= 0.3 is 11.9 Å². The number of carbonyl (C=O) groups is 2. The number of benzene rings is 1. The SMILES string of the molecule is CC(C)CCC(C)OC(=O)c1ccc(C(=O)OC(C)CCC(C)C)cc1. The average molecular weight is 363 g/mol. The lowest BCUT2D eigenvalue weighted by atomic mass is 10.1. The van der Waals surface area contributed by atoms with E-state index in [2.05, 4.69) is 27.7 Å². The van der Waals surface area contributed by atoms with Gasteiger partial charge in [0.05, 0.1) is 23.3 Å². The van der Waals surface area contributed by atoms with Crippen LogP contribution in [0.4, 0.5) is 0 Å². The summed E-state index contributed by atoms with van der Waals surface area (Å²) < 4.78 is 10.9. The molecule has 1 rings (SSSR count). The topological polar surface area (TPSA) is 52.6 Å². The summed E-state index contributed by atoms with van der Waals surface area (Å²) in [6.07, 6.45) is 3.51. The minimum Gasteiger partial charge on any atom is -0.459 e. The molecule has 2 unspecified atom stereocenters. The summed E-state index contributed by atoms with van der Waals surface area (Å²) in [6.45, 7) is 12.4.